The van der Waals surface area contributed by atoms with Gasteiger partial charge in [0.15, 0.2) is 5.69 Å². The molecular weight excluding hydrogens is 399 g/mol. The van der Waals surface area contributed by atoms with Crippen molar-refractivity contribution in [3.8, 4) is 5.69 Å². The number of carbonyl (C=O) groups is 1. The number of para-hydroxylation sites is 1. The van der Waals surface area contributed by atoms with Crippen LogP contribution in [0.15, 0.2) is 65.7 Å². The zero-order valence-corrected chi connectivity index (χ0v) is 14.7. The summed E-state index contributed by atoms with van der Waals surface area (Å²) in [6.45, 7) is 0. The lowest BCUT2D eigenvalue weighted by molar-refractivity contribution is -0.142. The summed E-state index contributed by atoms with van der Waals surface area (Å²) in [6, 6.07) is 11.5. The molecule has 0 aliphatic heterocycles. The van der Waals surface area contributed by atoms with Crippen LogP contribution < -0.4 is 4.72 Å². The molecule has 28 heavy (non-hydrogen) atoms. The Labute approximate surface area is 157 Å². The first kappa shape index (κ1) is 19.4. The molecule has 2 aromatic carbocycles. The lowest BCUT2D eigenvalue weighted by Crippen LogP contribution is -2.19. The Balaban J connectivity index is 2.02. The van der Waals surface area contributed by atoms with Crippen molar-refractivity contribution in [3.05, 3.63) is 72.1 Å². The number of halogens is 3. The fourth-order valence-corrected chi connectivity index (χ4v) is 3.49. The maximum atomic E-state index is 13.6. The predicted molar refractivity (Wildman–Crippen MR) is 92.8 cm³/mol. The molecule has 1 aromatic heterocycles. The zero-order valence-electron chi connectivity index (χ0n) is 13.9. The van der Waals surface area contributed by atoms with Gasteiger partial charge in [-0.3, -0.25) is 4.72 Å². The van der Waals surface area contributed by atoms with E-state index in [1.54, 1.807) is 6.07 Å². The highest BCUT2D eigenvalue weighted by Gasteiger charge is 2.40. The van der Waals surface area contributed by atoms with Crippen LogP contribution in [0.2, 0.25) is 0 Å². The van der Waals surface area contributed by atoms with Gasteiger partial charge in [0, 0.05) is 0 Å². The van der Waals surface area contributed by atoms with E-state index in [1.165, 1.54) is 24.3 Å². The second-order valence-corrected chi connectivity index (χ2v) is 7.27. The lowest BCUT2D eigenvalue weighted by atomic mass is 10.2. The summed E-state index contributed by atoms with van der Waals surface area (Å²) >= 11 is 0. The molecule has 1 heterocycles. The van der Waals surface area contributed by atoms with Crippen molar-refractivity contribution in [3.63, 3.8) is 0 Å². The molecule has 0 fully saturated rings. The molecular formula is C17H12F3N3O4S. The largest absolute Gasteiger partial charge is 0.478 e. The average molecular weight is 411 g/mol. The fourth-order valence-electron chi connectivity index (χ4n) is 2.44. The Hall–Kier alpha value is -3.34. The molecule has 11 heteroatoms. The highest BCUT2D eigenvalue weighted by molar-refractivity contribution is 7.92. The third kappa shape index (κ3) is 3.83. The van der Waals surface area contributed by atoms with Crippen LogP contribution in [0, 0.1) is 0 Å². The van der Waals surface area contributed by atoms with Gasteiger partial charge >= 0.3 is 12.1 Å². The predicted octanol–water partition coefficient (Wildman–Crippen LogP) is 3.39. The molecule has 2 N–H and O–H groups in total. The topological polar surface area (TPSA) is 101 Å². The number of aromatic nitrogens is 2. The number of nitrogens with zero attached hydrogens (tertiary/aromatic N) is 2. The van der Waals surface area contributed by atoms with Crippen LogP contribution in [0.25, 0.3) is 5.69 Å². The number of rotatable bonds is 5. The summed E-state index contributed by atoms with van der Waals surface area (Å²) < 4.78 is 68.1. The first-order chi connectivity index (χ1) is 13.1. The number of carboxylic acids is 1. The molecule has 0 saturated carbocycles. The molecule has 0 radical (unpaired) electrons. The standard InChI is InChI=1S/C17H12F3N3O4S/c18-17(19,20)15-14(10-21-23(15)12-4-2-1-3-5-12)22-28(26,27)13-8-6-11(7-9-13)16(24)25/h1-10,22H,(H,24,25). The van der Waals surface area contributed by atoms with E-state index in [0.717, 1.165) is 30.5 Å². The van der Waals surface area contributed by atoms with E-state index < -0.39 is 38.4 Å². The Morgan fingerprint density at radius 1 is 1.04 bits per heavy atom. The van der Waals surface area contributed by atoms with Crippen molar-refractivity contribution in [2.24, 2.45) is 0 Å². The van der Waals surface area contributed by atoms with Gasteiger partial charge in [-0.25, -0.2) is 17.9 Å². The van der Waals surface area contributed by atoms with Crippen molar-refractivity contribution in [2.45, 2.75) is 11.1 Å². The summed E-state index contributed by atoms with van der Waals surface area (Å²) in [4.78, 5) is 10.5. The normalized spacial score (nSPS) is 12.0. The molecule has 0 aliphatic carbocycles. The number of hydrogen-bond donors (Lipinski definition) is 2. The molecule has 3 rings (SSSR count). The highest BCUT2D eigenvalue weighted by Crippen LogP contribution is 2.37. The first-order valence-electron chi connectivity index (χ1n) is 7.66. The Morgan fingerprint density at radius 2 is 1.64 bits per heavy atom. The number of alkyl halides is 3. The van der Waals surface area contributed by atoms with Crippen molar-refractivity contribution >= 4 is 21.7 Å². The minimum absolute atomic E-state index is 0.103. The summed E-state index contributed by atoms with van der Waals surface area (Å²) in [6.07, 6.45) is -4.13. The van der Waals surface area contributed by atoms with E-state index in [1.807, 2.05) is 4.72 Å². The molecule has 0 unspecified atom stereocenters. The second kappa shape index (κ2) is 7.00. The number of sulfonamides is 1. The molecule has 0 amide bonds. The Morgan fingerprint density at radius 3 is 2.18 bits per heavy atom. The van der Waals surface area contributed by atoms with Gasteiger partial charge in [0.05, 0.1) is 28.0 Å². The number of hydrogen-bond acceptors (Lipinski definition) is 4. The van der Waals surface area contributed by atoms with E-state index in [0.29, 0.717) is 4.68 Å². The maximum Gasteiger partial charge on any atom is 0.435 e. The summed E-state index contributed by atoms with van der Waals surface area (Å²) in [7, 11) is -4.40. The quantitative estimate of drug-likeness (QED) is 0.670. The minimum atomic E-state index is -4.89. The molecule has 0 atom stereocenters. The van der Waals surface area contributed by atoms with Crippen LogP contribution in [0.4, 0.5) is 18.9 Å². The average Bonchev–Trinajstić information content (AvgIpc) is 3.06. The van der Waals surface area contributed by atoms with E-state index in [2.05, 4.69) is 5.10 Å². The summed E-state index contributed by atoms with van der Waals surface area (Å²) in [5.74, 6) is -1.26. The fraction of sp³-hybridized carbons (Fsp3) is 0.0588. The maximum absolute atomic E-state index is 13.6. The number of aromatic carboxylic acids is 1. The first-order valence-corrected chi connectivity index (χ1v) is 9.15. The van der Waals surface area contributed by atoms with E-state index in [9.17, 15) is 26.4 Å². The van der Waals surface area contributed by atoms with E-state index in [-0.39, 0.29) is 11.3 Å². The van der Waals surface area contributed by atoms with E-state index in [4.69, 9.17) is 5.11 Å². The summed E-state index contributed by atoms with van der Waals surface area (Å²) in [5.41, 5.74) is -2.10. The molecule has 3 aromatic rings. The second-order valence-electron chi connectivity index (χ2n) is 5.59. The molecule has 7 nitrogen and oxygen atoms in total. The van der Waals surface area contributed by atoms with Gasteiger partial charge in [0.1, 0.15) is 0 Å². The highest BCUT2D eigenvalue weighted by atomic mass is 32.2. The summed E-state index contributed by atoms with van der Waals surface area (Å²) in [5, 5.41) is 12.5. The number of benzene rings is 2. The van der Waals surface area contributed by atoms with Crippen LogP contribution in [0.3, 0.4) is 0 Å². The Bertz CT molecular complexity index is 1110. The van der Waals surface area contributed by atoms with Gasteiger partial charge < -0.3 is 5.11 Å². The molecule has 0 spiro atoms. The lowest BCUT2D eigenvalue weighted by Gasteiger charge is -2.14. The monoisotopic (exact) mass is 411 g/mol. The smallest absolute Gasteiger partial charge is 0.435 e. The Kier molecular flexibility index (Phi) is 4.86. The third-order valence-corrected chi connectivity index (χ3v) is 5.08. The molecule has 0 aliphatic rings. The third-order valence-electron chi connectivity index (χ3n) is 3.69. The van der Waals surface area contributed by atoms with Gasteiger partial charge in [-0.15, -0.1) is 0 Å². The van der Waals surface area contributed by atoms with Gasteiger partial charge in [0.2, 0.25) is 0 Å². The van der Waals surface area contributed by atoms with Crippen LogP contribution in [0.1, 0.15) is 16.1 Å². The number of anilines is 1. The van der Waals surface area contributed by atoms with Gasteiger partial charge in [-0.2, -0.15) is 18.3 Å². The van der Waals surface area contributed by atoms with Gasteiger partial charge in [-0.05, 0) is 36.4 Å². The number of carboxylic acid groups (broad SMARTS) is 1. The van der Waals surface area contributed by atoms with Crippen LogP contribution >= 0.6 is 0 Å². The number of nitrogens with one attached hydrogen (secondary N) is 1. The SMILES string of the molecule is O=C(O)c1ccc(S(=O)(=O)Nc2cnn(-c3ccccc3)c2C(F)(F)F)cc1. The molecule has 0 bridgehead atoms. The van der Waals surface area contributed by atoms with Crippen molar-refractivity contribution in [2.75, 3.05) is 4.72 Å². The van der Waals surface area contributed by atoms with Crippen LogP contribution in [-0.4, -0.2) is 29.3 Å². The van der Waals surface area contributed by atoms with Crippen molar-refractivity contribution < 1.29 is 31.5 Å². The zero-order chi connectivity index (χ0) is 20.5. The van der Waals surface area contributed by atoms with Gasteiger partial charge in [0.25, 0.3) is 10.0 Å². The minimum Gasteiger partial charge on any atom is -0.478 e. The van der Waals surface area contributed by atoms with Gasteiger partial charge in [-0.1, -0.05) is 18.2 Å². The van der Waals surface area contributed by atoms with Crippen LogP contribution in [0.5, 0.6) is 0 Å². The van der Waals surface area contributed by atoms with Crippen LogP contribution in [-0.2, 0) is 16.2 Å². The molecule has 146 valence electrons. The van der Waals surface area contributed by atoms with E-state index >= 15 is 0 Å². The van der Waals surface area contributed by atoms with Crippen molar-refractivity contribution in [1.29, 1.82) is 0 Å². The molecule has 0 saturated heterocycles. The van der Waals surface area contributed by atoms with Crippen molar-refractivity contribution in [1.82, 2.24) is 9.78 Å².